The highest BCUT2D eigenvalue weighted by Gasteiger charge is 2.04. The monoisotopic (exact) mass is 207 g/mol. The number of amides is 1. The summed E-state index contributed by atoms with van der Waals surface area (Å²) < 4.78 is 1.67. The second-order valence-electron chi connectivity index (χ2n) is 3.09. The Hall–Kier alpha value is -2.03. The van der Waals surface area contributed by atoms with Gasteiger partial charge in [-0.25, -0.2) is 0 Å². The Balaban J connectivity index is 2.40. The van der Waals surface area contributed by atoms with E-state index < -0.39 is 0 Å². The predicted octanol–water partition coefficient (Wildman–Crippen LogP) is -0.220. The highest BCUT2D eigenvalue weighted by Crippen LogP contribution is 2.10. The van der Waals surface area contributed by atoms with Crippen LogP contribution in [0.3, 0.4) is 0 Å². The van der Waals surface area contributed by atoms with Crippen molar-refractivity contribution in [3.63, 3.8) is 0 Å². The molecule has 0 spiro atoms. The van der Waals surface area contributed by atoms with E-state index in [1.54, 1.807) is 10.9 Å². The summed E-state index contributed by atoms with van der Waals surface area (Å²) in [5, 5.41) is 17.7. The molecule has 0 aromatic carbocycles. The van der Waals surface area contributed by atoms with E-state index in [1.165, 1.54) is 0 Å². The molecule has 80 valence electrons. The van der Waals surface area contributed by atoms with Gasteiger partial charge in [0.15, 0.2) is 0 Å². The van der Waals surface area contributed by atoms with Crippen molar-refractivity contribution in [2.45, 2.75) is 6.92 Å². The molecule has 1 amide bonds. The molecule has 0 fully saturated rings. The van der Waals surface area contributed by atoms with Crippen LogP contribution in [0.4, 0.5) is 5.69 Å². The lowest BCUT2D eigenvalue weighted by molar-refractivity contribution is -0.119. The summed E-state index contributed by atoms with van der Waals surface area (Å²) >= 11 is 0. The van der Waals surface area contributed by atoms with Crippen molar-refractivity contribution >= 4 is 11.6 Å². The minimum atomic E-state index is -0.209. The van der Waals surface area contributed by atoms with Crippen LogP contribution < -0.4 is 10.6 Å². The minimum absolute atomic E-state index is 0.0343. The minimum Gasteiger partial charge on any atom is -0.373 e. The van der Waals surface area contributed by atoms with Crippen LogP contribution in [0.2, 0.25) is 0 Å². The molecule has 1 heterocycles. The van der Waals surface area contributed by atoms with Crippen LogP contribution in [-0.2, 0) is 11.8 Å². The zero-order chi connectivity index (χ0) is 11.3. The average Bonchev–Trinajstić information content (AvgIpc) is 2.51. The van der Waals surface area contributed by atoms with Gasteiger partial charge >= 0.3 is 0 Å². The number of nitriles is 1. The van der Waals surface area contributed by atoms with Gasteiger partial charge in [0.2, 0.25) is 5.91 Å². The fraction of sp³-hybridized carbons (Fsp3) is 0.444. The Labute approximate surface area is 87.9 Å². The predicted molar refractivity (Wildman–Crippen MR) is 55.1 cm³/mol. The Morgan fingerprint density at radius 2 is 2.47 bits per heavy atom. The van der Waals surface area contributed by atoms with Gasteiger partial charge in [-0.15, -0.1) is 0 Å². The summed E-state index contributed by atoms with van der Waals surface area (Å²) in [6, 6.07) is 1.84. The summed E-state index contributed by atoms with van der Waals surface area (Å²) in [7, 11) is 1.81. The van der Waals surface area contributed by atoms with Gasteiger partial charge in [0, 0.05) is 13.2 Å². The third-order valence-corrected chi connectivity index (χ3v) is 1.82. The van der Waals surface area contributed by atoms with Gasteiger partial charge in [-0.2, -0.15) is 10.4 Å². The van der Waals surface area contributed by atoms with E-state index in [1.807, 2.05) is 20.0 Å². The van der Waals surface area contributed by atoms with Crippen LogP contribution in [0.1, 0.15) is 5.69 Å². The van der Waals surface area contributed by atoms with E-state index in [-0.39, 0.29) is 19.0 Å². The Bertz CT molecular complexity index is 390. The molecule has 0 aliphatic heterocycles. The van der Waals surface area contributed by atoms with Crippen LogP contribution in [0.15, 0.2) is 6.20 Å². The van der Waals surface area contributed by atoms with Crippen LogP contribution >= 0.6 is 0 Å². The van der Waals surface area contributed by atoms with E-state index in [4.69, 9.17) is 5.26 Å². The van der Waals surface area contributed by atoms with Crippen LogP contribution in [0.5, 0.6) is 0 Å². The Morgan fingerprint density at radius 3 is 3.00 bits per heavy atom. The highest BCUT2D eigenvalue weighted by molar-refractivity contribution is 5.80. The zero-order valence-electron chi connectivity index (χ0n) is 8.74. The quantitative estimate of drug-likeness (QED) is 0.669. The fourth-order valence-corrected chi connectivity index (χ4v) is 1.15. The normalized spacial score (nSPS) is 9.40. The molecule has 6 nitrogen and oxygen atoms in total. The number of hydrogen-bond donors (Lipinski definition) is 2. The molecule has 15 heavy (non-hydrogen) atoms. The van der Waals surface area contributed by atoms with E-state index >= 15 is 0 Å². The fourth-order valence-electron chi connectivity index (χ4n) is 1.15. The summed E-state index contributed by atoms with van der Waals surface area (Å²) in [6.45, 7) is 2.04. The number of rotatable bonds is 4. The highest BCUT2D eigenvalue weighted by atomic mass is 16.1. The topological polar surface area (TPSA) is 82.7 Å². The molecule has 0 bridgehead atoms. The lowest BCUT2D eigenvalue weighted by Gasteiger charge is -2.03. The van der Waals surface area contributed by atoms with Crippen molar-refractivity contribution in [3.05, 3.63) is 11.9 Å². The number of aryl methyl sites for hydroxylation is 2. The first-order valence-electron chi connectivity index (χ1n) is 4.51. The summed E-state index contributed by atoms with van der Waals surface area (Å²) in [5.41, 5.74) is 1.66. The second-order valence-corrected chi connectivity index (χ2v) is 3.09. The number of aromatic nitrogens is 2. The maximum Gasteiger partial charge on any atom is 0.240 e. The number of hydrogen-bond acceptors (Lipinski definition) is 4. The van der Waals surface area contributed by atoms with Crippen molar-refractivity contribution in [3.8, 4) is 6.07 Å². The van der Waals surface area contributed by atoms with Crippen molar-refractivity contribution in [2.75, 3.05) is 18.4 Å². The SMILES string of the molecule is Cc1nn(C)cc1NCC(=O)NCC#N. The standard InChI is InChI=1S/C9H13N5O/c1-7-8(6-14(2)13-7)12-5-9(15)11-4-3-10/h6,12H,4-5H2,1-2H3,(H,11,15). The molecule has 0 saturated carbocycles. The van der Waals surface area contributed by atoms with Gasteiger partial charge in [0.05, 0.1) is 24.0 Å². The molecule has 6 heteroatoms. The van der Waals surface area contributed by atoms with Gasteiger partial charge in [-0.05, 0) is 6.92 Å². The van der Waals surface area contributed by atoms with Crippen molar-refractivity contribution in [1.29, 1.82) is 5.26 Å². The number of nitrogens with one attached hydrogen (secondary N) is 2. The molecular weight excluding hydrogens is 194 g/mol. The van der Waals surface area contributed by atoms with Crippen LogP contribution in [0, 0.1) is 18.3 Å². The smallest absolute Gasteiger partial charge is 0.240 e. The van der Waals surface area contributed by atoms with Gasteiger partial charge in [0.25, 0.3) is 0 Å². The maximum atomic E-state index is 11.1. The summed E-state index contributed by atoms with van der Waals surface area (Å²) in [4.78, 5) is 11.1. The molecule has 0 atom stereocenters. The molecular formula is C9H13N5O. The van der Waals surface area contributed by atoms with Crippen molar-refractivity contribution in [2.24, 2.45) is 7.05 Å². The Morgan fingerprint density at radius 1 is 1.73 bits per heavy atom. The van der Waals surface area contributed by atoms with Crippen molar-refractivity contribution < 1.29 is 4.79 Å². The molecule has 1 aromatic heterocycles. The molecule has 0 saturated heterocycles. The molecule has 0 aliphatic rings. The Kier molecular flexibility index (Phi) is 3.68. The summed E-state index contributed by atoms with van der Waals surface area (Å²) in [6.07, 6.45) is 1.80. The van der Waals surface area contributed by atoms with Crippen molar-refractivity contribution in [1.82, 2.24) is 15.1 Å². The molecule has 0 radical (unpaired) electrons. The van der Waals surface area contributed by atoms with Gasteiger partial charge in [-0.3, -0.25) is 9.48 Å². The first-order valence-corrected chi connectivity index (χ1v) is 4.51. The molecule has 1 aromatic rings. The average molecular weight is 207 g/mol. The largest absolute Gasteiger partial charge is 0.373 e. The van der Waals surface area contributed by atoms with Gasteiger partial charge in [0.1, 0.15) is 6.54 Å². The molecule has 2 N–H and O–H groups in total. The number of anilines is 1. The summed E-state index contributed by atoms with van der Waals surface area (Å²) in [5.74, 6) is -0.209. The first-order chi connectivity index (χ1) is 7.13. The van der Waals surface area contributed by atoms with E-state index in [2.05, 4.69) is 15.7 Å². The third-order valence-electron chi connectivity index (χ3n) is 1.82. The van der Waals surface area contributed by atoms with E-state index in [9.17, 15) is 4.79 Å². The zero-order valence-corrected chi connectivity index (χ0v) is 8.74. The first kappa shape index (κ1) is 11.0. The van der Waals surface area contributed by atoms with E-state index in [0.29, 0.717) is 0 Å². The molecule has 1 rings (SSSR count). The molecule has 0 unspecified atom stereocenters. The number of carbonyl (C=O) groups is 1. The van der Waals surface area contributed by atoms with E-state index in [0.717, 1.165) is 11.4 Å². The van der Waals surface area contributed by atoms with Crippen LogP contribution in [0.25, 0.3) is 0 Å². The maximum absolute atomic E-state index is 11.1. The van der Waals surface area contributed by atoms with Gasteiger partial charge < -0.3 is 10.6 Å². The van der Waals surface area contributed by atoms with Crippen LogP contribution in [-0.4, -0.2) is 28.8 Å². The lowest BCUT2D eigenvalue weighted by Crippen LogP contribution is -2.30. The molecule has 0 aliphatic carbocycles. The lowest BCUT2D eigenvalue weighted by atomic mass is 10.4. The van der Waals surface area contributed by atoms with Gasteiger partial charge in [-0.1, -0.05) is 0 Å². The third kappa shape index (κ3) is 3.31. The number of nitrogens with zero attached hydrogens (tertiary/aromatic N) is 3. The second kappa shape index (κ2) is 5.00. The number of carbonyl (C=O) groups excluding carboxylic acids is 1.